The van der Waals surface area contributed by atoms with Gasteiger partial charge in [0, 0.05) is 36.6 Å². The first-order chi connectivity index (χ1) is 14.1. The first-order valence-corrected chi connectivity index (χ1v) is 10.9. The molecule has 1 amide bonds. The van der Waals surface area contributed by atoms with Crippen molar-refractivity contribution in [2.45, 2.75) is 13.3 Å². The minimum atomic E-state index is -0.114. The molecule has 2 aromatic heterocycles. The van der Waals surface area contributed by atoms with Crippen LogP contribution < -0.4 is 10.2 Å². The predicted molar refractivity (Wildman–Crippen MR) is 118 cm³/mol. The molecular formula is C21H23ClN4O2S. The van der Waals surface area contributed by atoms with Gasteiger partial charge < -0.3 is 19.5 Å². The Bertz CT molecular complexity index is 965. The Morgan fingerprint density at radius 3 is 2.83 bits per heavy atom. The average Bonchev–Trinajstić information content (AvgIpc) is 3.40. The Kier molecular flexibility index (Phi) is 6.18. The normalized spacial score (nSPS) is 14.9. The molecule has 152 valence electrons. The fourth-order valence-electron chi connectivity index (χ4n) is 3.45. The van der Waals surface area contributed by atoms with Crippen LogP contribution in [0.1, 0.15) is 12.6 Å². The number of halogens is 1. The van der Waals surface area contributed by atoms with Gasteiger partial charge in [0.15, 0.2) is 10.8 Å². The third kappa shape index (κ3) is 4.80. The maximum Gasteiger partial charge on any atom is 0.230 e. The summed E-state index contributed by atoms with van der Waals surface area (Å²) in [4.78, 5) is 21.9. The Labute approximate surface area is 179 Å². The highest BCUT2D eigenvalue weighted by atomic mass is 35.5. The first kappa shape index (κ1) is 19.9. The van der Waals surface area contributed by atoms with Gasteiger partial charge in [-0.3, -0.25) is 4.79 Å². The van der Waals surface area contributed by atoms with Crippen LogP contribution in [0.4, 0.5) is 11.4 Å². The molecule has 6 nitrogen and oxygen atoms in total. The summed E-state index contributed by atoms with van der Waals surface area (Å²) in [5.74, 6) is 0.599. The fourth-order valence-corrected chi connectivity index (χ4v) is 4.41. The smallest absolute Gasteiger partial charge is 0.230 e. The molecule has 1 aromatic carbocycles. The van der Waals surface area contributed by atoms with Gasteiger partial charge in [-0.2, -0.15) is 0 Å². The molecule has 1 saturated heterocycles. The van der Waals surface area contributed by atoms with Crippen LogP contribution in [-0.4, -0.2) is 48.5 Å². The summed E-state index contributed by atoms with van der Waals surface area (Å²) in [7, 11) is 0. The number of carbonyl (C=O) groups excluding carboxylic acids is 1. The van der Waals surface area contributed by atoms with Crippen LogP contribution in [0.15, 0.2) is 46.4 Å². The molecule has 0 atom stereocenters. The van der Waals surface area contributed by atoms with Crippen LogP contribution in [0.3, 0.4) is 0 Å². The molecule has 0 saturated carbocycles. The predicted octanol–water partition coefficient (Wildman–Crippen LogP) is 4.38. The molecule has 1 fully saturated rings. The van der Waals surface area contributed by atoms with Crippen LogP contribution in [0.5, 0.6) is 0 Å². The summed E-state index contributed by atoms with van der Waals surface area (Å²) >= 11 is 7.67. The van der Waals surface area contributed by atoms with Gasteiger partial charge in [-0.25, -0.2) is 4.98 Å². The highest BCUT2D eigenvalue weighted by Crippen LogP contribution is 2.30. The van der Waals surface area contributed by atoms with Gasteiger partial charge in [-0.05, 0) is 36.9 Å². The van der Waals surface area contributed by atoms with Gasteiger partial charge in [-0.15, -0.1) is 11.3 Å². The summed E-state index contributed by atoms with van der Waals surface area (Å²) in [5.41, 5.74) is 2.47. The third-order valence-corrected chi connectivity index (χ3v) is 6.16. The summed E-state index contributed by atoms with van der Waals surface area (Å²) in [6.45, 7) is 7.13. The lowest BCUT2D eigenvalue weighted by atomic mass is 10.2. The molecule has 0 bridgehead atoms. The van der Waals surface area contributed by atoms with Crippen LogP contribution in [-0.2, 0) is 11.2 Å². The molecular weight excluding hydrogens is 408 g/mol. The van der Waals surface area contributed by atoms with E-state index in [4.69, 9.17) is 16.0 Å². The molecule has 0 spiro atoms. The molecule has 1 N–H and O–H groups in total. The number of thiazole rings is 1. The van der Waals surface area contributed by atoms with E-state index in [1.165, 1.54) is 11.3 Å². The van der Waals surface area contributed by atoms with E-state index in [2.05, 4.69) is 27.0 Å². The number of carbonyl (C=O) groups is 1. The number of nitrogens with one attached hydrogen (secondary N) is 1. The lowest BCUT2D eigenvalue weighted by Crippen LogP contribution is -2.46. The van der Waals surface area contributed by atoms with Crippen molar-refractivity contribution in [3.8, 4) is 10.8 Å². The minimum Gasteiger partial charge on any atom is -0.462 e. The molecule has 1 aliphatic heterocycles. The van der Waals surface area contributed by atoms with E-state index >= 15 is 0 Å². The highest BCUT2D eigenvalue weighted by molar-refractivity contribution is 7.13. The van der Waals surface area contributed by atoms with E-state index in [9.17, 15) is 4.79 Å². The minimum absolute atomic E-state index is 0.114. The van der Waals surface area contributed by atoms with Crippen LogP contribution in [0.25, 0.3) is 10.8 Å². The van der Waals surface area contributed by atoms with E-state index in [1.807, 2.05) is 35.7 Å². The second-order valence-corrected chi connectivity index (χ2v) is 8.22. The zero-order valence-corrected chi connectivity index (χ0v) is 17.8. The quantitative estimate of drug-likeness (QED) is 0.628. The molecule has 0 radical (unpaired) electrons. The number of nitrogens with zero attached hydrogens (tertiary/aromatic N) is 3. The maximum atomic E-state index is 12.7. The lowest BCUT2D eigenvalue weighted by Gasteiger charge is -2.36. The van der Waals surface area contributed by atoms with Gasteiger partial charge in [0.05, 0.1) is 29.8 Å². The third-order valence-electron chi connectivity index (χ3n) is 5.02. The number of likely N-dealkylation sites (N-methyl/N-ethyl adjacent to an activating group) is 1. The van der Waals surface area contributed by atoms with Crippen molar-refractivity contribution in [1.82, 2.24) is 9.88 Å². The van der Waals surface area contributed by atoms with Gasteiger partial charge in [0.1, 0.15) is 0 Å². The Hall–Kier alpha value is -2.35. The maximum absolute atomic E-state index is 12.7. The van der Waals surface area contributed by atoms with E-state index in [0.717, 1.165) is 54.8 Å². The molecule has 0 aliphatic carbocycles. The van der Waals surface area contributed by atoms with E-state index in [1.54, 1.807) is 6.26 Å². The molecule has 1 aliphatic rings. The number of rotatable bonds is 6. The summed E-state index contributed by atoms with van der Waals surface area (Å²) < 4.78 is 5.37. The monoisotopic (exact) mass is 430 g/mol. The number of piperazine rings is 1. The van der Waals surface area contributed by atoms with Crippen LogP contribution in [0, 0.1) is 0 Å². The first-order valence-electron chi connectivity index (χ1n) is 9.67. The van der Waals surface area contributed by atoms with Crippen molar-refractivity contribution in [3.63, 3.8) is 0 Å². The molecule has 8 heteroatoms. The van der Waals surface area contributed by atoms with E-state index in [-0.39, 0.29) is 12.3 Å². The van der Waals surface area contributed by atoms with Crippen molar-refractivity contribution in [3.05, 3.63) is 52.7 Å². The Balaban J connectivity index is 1.44. The molecule has 0 unspecified atom stereocenters. The molecule has 29 heavy (non-hydrogen) atoms. The second kappa shape index (κ2) is 8.98. The fraction of sp³-hybridized carbons (Fsp3) is 0.333. The topological polar surface area (TPSA) is 61.6 Å². The van der Waals surface area contributed by atoms with Crippen LogP contribution in [0.2, 0.25) is 5.02 Å². The van der Waals surface area contributed by atoms with Crippen LogP contribution >= 0.6 is 22.9 Å². The number of furan rings is 1. The van der Waals surface area contributed by atoms with Crippen molar-refractivity contribution in [2.75, 3.05) is 42.9 Å². The lowest BCUT2D eigenvalue weighted by molar-refractivity contribution is -0.115. The molecule has 4 rings (SSSR count). The summed E-state index contributed by atoms with van der Waals surface area (Å²) in [6, 6.07) is 9.35. The number of hydrogen-bond acceptors (Lipinski definition) is 6. The highest BCUT2D eigenvalue weighted by Gasteiger charge is 2.20. The number of anilines is 2. The van der Waals surface area contributed by atoms with E-state index in [0.29, 0.717) is 10.8 Å². The number of amides is 1. The van der Waals surface area contributed by atoms with Crippen molar-refractivity contribution in [2.24, 2.45) is 0 Å². The molecule has 3 heterocycles. The SMILES string of the molecule is CCN1CCN(c2ccc(Cl)cc2NC(=O)Cc2csc(-c3ccco3)n2)CC1. The van der Waals surface area contributed by atoms with Crippen molar-refractivity contribution >= 4 is 40.2 Å². The molecule has 3 aromatic rings. The van der Waals surface area contributed by atoms with Gasteiger partial charge in [0.2, 0.25) is 5.91 Å². The van der Waals surface area contributed by atoms with E-state index < -0.39 is 0 Å². The van der Waals surface area contributed by atoms with Gasteiger partial charge >= 0.3 is 0 Å². The number of hydrogen-bond donors (Lipinski definition) is 1. The second-order valence-electron chi connectivity index (χ2n) is 6.93. The van der Waals surface area contributed by atoms with Crippen molar-refractivity contribution in [1.29, 1.82) is 0 Å². The summed E-state index contributed by atoms with van der Waals surface area (Å²) in [6.07, 6.45) is 1.82. The van der Waals surface area contributed by atoms with Crippen molar-refractivity contribution < 1.29 is 9.21 Å². The Morgan fingerprint density at radius 1 is 1.28 bits per heavy atom. The zero-order valence-electron chi connectivity index (χ0n) is 16.2. The average molecular weight is 431 g/mol. The van der Waals surface area contributed by atoms with Gasteiger partial charge in [0.25, 0.3) is 0 Å². The summed E-state index contributed by atoms with van der Waals surface area (Å²) in [5, 5.41) is 6.29. The number of benzene rings is 1. The van der Waals surface area contributed by atoms with Gasteiger partial charge in [-0.1, -0.05) is 18.5 Å². The largest absolute Gasteiger partial charge is 0.462 e. The Morgan fingerprint density at radius 2 is 2.10 bits per heavy atom. The zero-order chi connectivity index (χ0) is 20.2. The standard InChI is InChI=1S/C21H23ClN4O2S/c1-2-25-7-9-26(10-8-25)18-6-5-15(22)12-17(18)24-20(27)13-16-14-29-21(23-16)19-4-3-11-28-19/h3-6,11-12,14H,2,7-10,13H2,1H3,(H,24,27). The number of aromatic nitrogens is 1.